The molecule has 1 heterocycles. The largest absolute Gasteiger partial charge is 0.269 e. The van der Waals surface area contributed by atoms with Gasteiger partial charge in [0.15, 0.2) is 5.82 Å². The summed E-state index contributed by atoms with van der Waals surface area (Å²) in [5.74, 6) is 0.409. The smallest absolute Gasteiger partial charge is 0.258 e. The number of nitro benzene ring substituents is 2. The summed E-state index contributed by atoms with van der Waals surface area (Å²) in [6, 6.07) is 11.8. The third-order valence-electron chi connectivity index (χ3n) is 3.33. The van der Waals surface area contributed by atoms with E-state index in [2.05, 4.69) is 15.5 Å². The predicted octanol–water partition coefficient (Wildman–Crippen LogP) is 2.65. The number of non-ortho nitro benzene ring substituents is 2. The minimum atomic E-state index is -0.487. The van der Waals surface area contributed by atoms with Gasteiger partial charge in [-0.25, -0.2) is 0 Å². The summed E-state index contributed by atoms with van der Waals surface area (Å²) in [5, 5.41) is 32.7. The highest BCUT2D eigenvalue weighted by molar-refractivity contribution is 5.67. The fraction of sp³-hybridized carbons (Fsp3) is 0. The molecule has 0 saturated carbocycles. The Morgan fingerprint density at radius 3 is 1.96 bits per heavy atom. The summed E-state index contributed by atoms with van der Waals surface area (Å²) in [5.41, 5.74) is 1.29. The highest BCUT2D eigenvalue weighted by atomic mass is 16.6. The molecule has 0 aliphatic carbocycles. The van der Waals surface area contributed by atoms with Crippen LogP contribution in [0.3, 0.4) is 0 Å². The van der Waals surface area contributed by atoms with Gasteiger partial charge in [-0.2, -0.15) is 4.68 Å². The van der Waals surface area contributed by atoms with Crippen molar-refractivity contribution in [2.75, 3.05) is 0 Å². The maximum atomic E-state index is 10.7. The van der Waals surface area contributed by atoms with Crippen LogP contribution in [0.5, 0.6) is 0 Å². The van der Waals surface area contributed by atoms with Crippen LogP contribution in [0.2, 0.25) is 0 Å². The van der Waals surface area contributed by atoms with Gasteiger partial charge in [0.2, 0.25) is 0 Å². The third-order valence-corrected chi connectivity index (χ3v) is 3.33. The number of nitrogens with zero attached hydrogens (tertiary/aromatic N) is 6. The molecule has 3 aromatic rings. The Morgan fingerprint density at radius 1 is 0.840 bits per heavy atom. The molecule has 0 N–H and O–H groups in total. The molecular weight excluding hydrogens is 328 g/mol. The first-order valence-electron chi connectivity index (χ1n) is 7.00. The lowest BCUT2D eigenvalue weighted by Gasteiger charge is -2.01. The summed E-state index contributed by atoms with van der Waals surface area (Å²) in [7, 11) is 0. The van der Waals surface area contributed by atoms with Gasteiger partial charge in [-0.3, -0.25) is 20.2 Å². The SMILES string of the molecule is O=[N+]([O-])c1ccc(/C=C/c2nnnn2-c2ccc([N+](=O)[O-])cc2)cc1. The van der Waals surface area contributed by atoms with Crippen molar-refractivity contribution in [3.63, 3.8) is 0 Å². The molecule has 0 saturated heterocycles. The molecule has 0 amide bonds. The minimum absolute atomic E-state index is 0.00728. The molecule has 124 valence electrons. The minimum Gasteiger partial charge on any atom is -0.258 e. The van der Waals surface area contributed by atoms with Gasteiger partial charge in [0, 0.05) is 24.3 Å². The van der Waals surface area contributed by atoms with Gasteiger partial charge in [-0.05, 0) is 46.3 Å². The van der Waals surface area contributed by atoms with Crippen molar-refractivity contribution in [2.45, 2.75) is 0 Å². The van der Waals surface area contributed by atoms with Gasteiger partial charge in [0.05, 0.1) is 15.5 Å². The first-order chi connectivity index (χ1) is 12.0. The van der Waals surface area contributed by atoms with Crippen LogP contribution in [0, 0.1) is 20.2 Å². The zero-order valence-corrected chi connectivity index (χ0v) is 12.6. The van der Waals surface area contributed by atoms with Crippen LogP contribution in [0.4, 0.5) is 11.4 Å². The van der Waals surface area contributed by atoms with Crippen molar-refractivity contribution in [1.82, 2.24) is 20.2 Å². The Bertz CT molecular complexity index is 947. The normalized spacial score (nSPS) is 10.9. The van der Waals surface area contributed by atoms with Crippen molar-refractivity contribution in [3.05, 3.63) is 80.1 Å². The lowest BCUT2D eigenvalue weighted by molar-refractivity contribution is -0.385. The zero-order valence-electron chi connectivity index (χ0n) is 12.6. The van der Waals surface area contributed by atoms with Crippen LogP contribution in [0.15, 0.2) is 48.5 Å². The maximum Gasteiger partial charge on any atom is 0.269 e. The monoisotopic (exact) mass is 338 g/mol. The van der Waals surface area contributed by atoms with Crippen molar-refractivity contribution in [3.8, 4) is 5.69 Å². The van der Waals surface area contributed by atoms with Gasteiger partial charge >= 0.3 is 0 Å². The Kier molecular flexibility index (Phi) is 4.24. The van der Waals surface area contributed by atoms with E-state index in [9.17, 15) is 20.2 Å². The van der Waals surface area contributed by atoms with Crippen LogP contribution in [-0.2, 0) is 0 Å². The highest BCUT2D eigenvalue weighted by Crippen LogP contribution is 2.17. The van der Waals surface area contributed by atoms with Crippen molar-refractivity contribution in [1.29, 1.82) is 0 Å². The van der Waals surface area contributed by atoms with E-state index in [0.717, 1.165) is 5.56 Å². The first kappa shape index (κ1) is 15.9. The van der Waals surface area contributed by atoms with Gasteiger partial charge in [0.1, 0.15) is 0 Å². The summed E-state index contributed by atoms with van der Waals surface area (Å²) >= 11 is 0. The van der Waals surface area contributed by atoms with Crippen LogP contribution in [-0.4, -0.2) is 30.1 Å². The van der Waals surface area contributed by atoms with E-state index in [1.54, 1.807) is 24.3 Å². The fourth-order valence-electron chi connectivity index (χ4n) is 2.08. The van der Waals surface area contributed by atoms with E-state index in [-0.39, 0.29) is 11.4 Å². The van der Waals surface area contributed by atoms with Gasteiger partial charge in [-0.15, -0.1) is 5.10 Å². The summed E-state index contributed by atoms with van der Waals surface area (Å²) in [6.45, 7) is 0. The van der Waals surface area contributed by atoms with Crippen molar-refractivity contribution < 1.29 is 9.85 Å². The molecule has 0 aliphatic rings. The maximum absolute atomic E-state index is 10.7. The molecule has 10 nitrogen and oxygen atoms in total. The second kappa shape index (κ2) is 6.66. The summed E-state index contributed by atoms with van der Waals surface area (Å²) in [6.07, 6.45) is 3.35. The number of hydrogen-bond acceptors (Lipinski definition) is 7. The molecule has 0 aliphatic heterocycles. The highest BCUT2D eigenvalue weighted by Gasteiger charge is 2.09. The van der Waals surface area contributed by atoms with E-state index in [1.807, 2.05) is 0 Å². The second-order valence-corrected chi connectivity index (χ2v) is 4.90. The number of hydrogen-bond donors (Lipinski definition) is 0. The Balaban J connectivity index is 1.83. The quantitative estimate of drug-likeness (QED) is 0.516. The van der Waals surface area contributed by atoms with E-state index in [4.69, 9.17) is 0 Å². The van der Waals surface area contributed by atoms with Gasteiger partial charge in [0.25, 0.3) is 11.4 Å². The Labute approximate surface area is 140 Å². The van der Waals surface area contributed by atoms with Crippen LogP contribution in [0.1, 0.15) is 11.4 Å². The van der Waals surface area contributed by atoms with E-state index >= 15 is 0 Å². The van der Waals surface area contributed by atoms with Gasteiger partial charge in [-0.1, -0.05) is 6.08 Å². The Hall–Kier alpha value is -3.95. The topological polar surface area (TPSA) is 130 Å². The number of tetrazole rings is 1. The standard InChI is InChI=1S/C15H10N6O4/c22-20(23)13-4-1-11(2-5-13)3-10-15-16-17-18-19(15)12-6-8-14(9-7-12)21(24)25/h1-10H/b10-3+. The molecular formula is C15H10N6O4. The summed E-state index contributed by atoms with van der Waals surface area (Å²) in [4.78, 5) is 20.4. The van der Waals surface area contributed by atoms with Crippen molar-refractivity contribution >= 4 is 23.5 Å². The van der Waals surface area contributed by atoms with Crippen LogP contribution in [0.25, 0.3) is 17.8 Å². The average Bonchev–Trinajstić information content (AvgIpc) is 3.09. The van der Waals surface area contributed by atoms with Gasteiger partial charge < -0.3 is 0 Å². The molecule has 0 spiro atoms. The van der Waals surface area contributed by atoms with E-state index in [0.29, 0.717) is 11.5 Å². The molecule has 0 atom stereocenters. The second-order valence-electron chi connectivity index (χ2n) is 4.90. The molecule has 25 heavy (non-hydrogen) atoms. The van der Waals surface area contributed by atoms with Crippen LogP contribution < -0.4 is 0 Å². The lowest BCUT2D eigenvalue weighted by atomic mass is 10.2. The van der Waals surface area contributed by atoms with E-state index in [1.165, 1.54) is 41.1 Å². The lowest BCUT2D eigenvalue weighted by Crippen LogP contribution is -1.99. The number of benzene rings is 2. The molecule has 2 aromatic carbocycles. The van der Waals surface area contributed by atoms with Crippen molar-refractivity contribution in [2.24, 2.45) is 0 Å². The molecule has 0 radical (unpaired) electrons. The molecule has 0 fully saturated rings. The fourth-order valence-corrected chi connectivity index (χ4v) is 2.08. The number of rotatable bonds is 5. The number of nitro groups is 2. The predicted molar refractivity (Wildman–Crippen MR) is 87.8 cm³/mol. The third kappa shape index (κ3) is 3.52. The first-order valence-corrected chi connectivity index (χ1v) is 7.00. The zero-order chi connectivity index (χ0) is 17.8. The summed E-state index contributed by atoms with van der Waals surface area (Å²) < 4.78 is 1.42. The molecule has 1 aromatic heterocycles. The average molecular weight is 338 g/mol. The van der Waals surface area contributed by atoms with Crippen LogP contribution >= 0.6 is 0 Å². The molecule has 0 bridgehead atoms. The Morgan fingerprint density at radius 2 is 1.40 bits per heavy atom. The molecule has 3 rings (SSSR count). The number of aromatic nitrogens is 4. The molecule has 10 heteroatoms. The molecule has 0 unspecified atom stereocenters. The van der Waals surface area contributed by atoms with E-state index < -0.39 is 9.85 Å².